The van der Waals surface area contributed by atoms with E-state index in [1.54, 1.807) is 49.1 Å². The van der Waals surface area contributed by atoms with Crippen molar-refractivity contribution in [1.82, 2.24) is 39.9 Å². The van der Waals surface area contributed by atoms with E-state index in [1.165, 1.54) is 24.8 Å². The van der Waals surface area contributed by atoms with Gasteiger partial charge in [0.2, 0.25) is 0 Å². The van der Waals surface area contributed by atoms with Crippen LogP contribution in [0.15, 0.2) is 138 Å². The highest BCUT2D eigenvalue weighted by Crippen LogP contribution is 2.31. The first-order valence-corrected chi connectivity index (χ1v) is 17.8. The number of hydrogen-bond donors (Lipinski definition) is 4. The molecule has 1 aliphatic heterocycles. The third-order valence-electron chi connectivity index (χ3n) is 9.59. The maximum Gasteiger partial charge on any atom is 0.0875 e. The van der Waals surface area contributed by atoms with E-state index in [4.69, 9.17) is 0 Å². The lowest BCUT2D eigenvalue weighted by atomic mass is 10.0. The average molecular weight is 785 g/mol. The third-order valence-corrected chi connectivity index (χ3v) is 9.59. The van der Waals surface area contributed by atoms with Gasteiger partial charge in [-0.15, -0.1) is 5.39 Å². The van der Waals surface area contributed by atoms with Gasteiger partial charge in [-0.1, -0.05) is 15.3 Å². The minimum Gasteiger partial charge on any atom is -0.354 e. The summed E-state index contributed by atoms with van der Waals surface area (Å²) in [6, 6.07) is 22.4. The molecular weight excluding hydrogens is 761 g/mol. The zero-order chi connectivity index (χ0) is 41.0. The van der Waals surface area contributed by atoms with Crippen molar-refractivity contribution in [2.45, 2.75) is 0 Å². The smallest absolute Gasteiger partial charge is 0.0875 e. The van der Waals surface area contributed by atoms with Gasteiger partial charge in [-0.25, -0.2) is 0 Å². The van der Waals surface area contributed by atoms with E-state index in [9.17, 15) is 22.0 Å². The molecule has 0 aliphatic carbocycles. The Balaban J connectivity index is 1.44. The Morgan fingerprint density at radius 2 is 0.767 bits per heavy atom. The molecule has 0 aromatic carbocycles. The fraction of sp³-hybridized carbons (Fsp3) is 0. The minimum atomic E-state index is 0.319. The number of aromatic nitrogens is 8. The highest BCUT2D eigenvalue weighted by Gasteiger charge is 2.19. The van der Waals surface area contributed by atoms with Crippen LogP contribution in [-0.4, -0.2) is 39.9 Å². The number of pyridine rings is 4. The topological polar surface area (TPSA) is 303 Å². The second-order valence-electron chi connectivity index (χ2n) is 13.1. The standard InChI is InChI=1S/C40H24N20/c41-57-53-25-9-21(13-45-17-25)37-29-1-2-30(49-29)38(22-10-26(54-58-42)18-46-14-22)32-5-6-34(51-32)40(24-12-28(56-60-44)20-48-16-24)36-8-7-35(52-36)39(33-4-3-31(37)50-33)23-11-27(55-59-43)19-47-15-23/h1-20,49-52H. The van der Waals surface area contributed by atoms with E-state index in [1.807, 2.05) is 48.5 Å². The van der Waals surface area contributed by atoms with Crippen molar-refractivity contribution in [3.05, 3.63) is 231 Å². The molecule has 0 saturated carbocycles. The normalized spacial score (nSPS) is 11.8. The van der Waals surface area contributed by atoms with Crippen LogP contribution in [0.2, 0.25) is 0 Å². The number of hydrogen-bond acceptors (Lipinski definition) is 8. The fourth-order valence-electron chi connectivity index (χ4n) is 7.25. The summed E-state index contributed by atoms with van der Waals surface area (Å²) < 4.78 is 0. The molecular formula is C40H24N20. The molecule has 8 bridgehead atoms. The maximum atomic E-state index is 9.27. The zero-order valence-corrected chi connectivity index (χ0v) is 30.7. The molecule has 1 aliphatic rings. The molecule has 9 rings (SSSR count). The zero-order valence-electron chi connectivity index (χ0n) is 30.7. The molecule has 0 unspecified atom stereocenters. The molecule has 0 saturated heterocycles. The SMILES string of the molecule is N#[N+][N-]c1cncc(C2=c3ccc([nH]3)=C(c3cncc(N=[N+]=[N-])c3)c3ccc([nH]3)C(c3cncc(N=[N+]=[N-])c3)=c3ccc([nH]3)=C(c3cncc(N=[N+]=[N-])c3)c3ccc2[nH]3)c1. The second kappa shape index (κ2) is 15.5. The molecule has 8 aromatic heterocycles. The summed E-state index contributed by atoms with van der Waals surface area (Å²) in [6.07, 6.45) is 12.6. The van der Waals surface area contributed by atoms with Gasteiger partial charge in [0.15, 0.2) is 0 Å². The molecule has 4 N–H and O–H groups in total. The largest absolute Gasteiger partial charge is 0.354 e. The van der Waals surface area contributed by atoms with Crippen molar-refractivity contribution in [3.8, 4) is 0 Å². The van der Waals surface area contributed by atoms with Gasteiger partial charge >= 0.3 is 0 Å². The van der Waals surface area contributed by atoms with Gasteiger partial charge in [-0.2, -0.15) is 0 Å². The molecule has 20 heteroatoms. The summed E-state index contributed by atoms with van der Waals surface area (Å²) in [5, 5.41) is 26.4. The van der Waals surface area contributed by atoms with E-state index in [0.29, 0.717) is 111 Å². The first kappa shape index (κ1) is 36.0. The monoisotopic (exact) mass is 784 g/mol. The Kier molecular flexibility index (Phi) is 9.29. The average Bonchev–Trinajstić information content (AvgIpc) is 4.10. The van der Waals surface area contributed by atoms with Crippen molar-refractivity contribution in [1.29, 1.82) is 5.39 Å². The molecule has 9 heterocycles. The molecule has 60 heavy (non-hydrogen) atoms. The Morgan fingerprint density at radius 3 is 1.10 bits per heavy atom. The summed E-state index contributed by atoms with van der Waals surface area (Å²) in [6.45, 7) is 0. The van der Waals surface area contributed by atoms with Gasteiger partial charge in [0.1, 0.15) is 0 Å². The van der Waals surface area contributed by atoms with Crippen LogP contribution in [0.4, 0.5) is 22.7 Å². The molecule has 0 radical (unpaired) electrons. The van der Waals surface area contributed by atoms with Gasteiger partial charge in [0, 0.05) is 153 Å². The van der Waals surface area contributed by atoms with Crippen LogP contribution in [0.25, 0.3) is 64.1 Å². The number of diazo groups is 1. The first-order chi connectivity index (χ1) is 29.5. The number of rotatable bonds is 8. The van der Waals surface area contributed by atoms with Crippen LogP contribution < -0.4 is 21.4 Å². The van der Waals surface area contributed by atoms with Crippen LogP contribution in [0.1, 0.15) is 45.0 Å². The van der Waals surface area contributed by atoms with Gasteiger partial charge < -0.3 is 19.9 Å². The van der Waals surface area contributed by atoms with Crippen molar-refractivity contribution < 1.29 is 0 Å². The number of aromatic amines is 4. The lowest BCUT2D eigenvalue weighted by Gasteiger charge is -2.10. The summed E-state index contributed by atoms with van der Waals surface area (Å²) in [5.74, 6) is 0. The highest BCUT2D eigenvalue weighted by atomic mass is 15.3. The van der Waals surface area contributed by atoms with E-state index in [-0.39, 0.29) is 0 Å². The van der Waals surface area contributed by atoms with E-state index >= 15 is 0 Å². The first-order valence-electron chi connectivity index (χ1n) is 17.8. The van der Waals surface area contributed by atoms with Crippen molar-refractivity contribution in [2.24, 2.45) is 15.3 Å². The minimum absolute atomic E-state index is 0.319. The molecule has 0 amide bonds. The van der Waals surface area contributed by atoms with Gasteiger partial charge in [-0.05, 0) is 94.8 Å². The van der Waals surface area contributed by atoms with Crippen LogP contribution in [-0.2, 0) is 0 Å². The number of fused-ring (bicyclic) bond motifs is 8. The Morgan fingerprint density at radius 1 is 0.433 bits per heavy atom. The van der Waals surface area contributed by atoms with Gasteiger partial charge in [-0.3, -0.25) is 19.9 Å². The predicted molar refractivity (Wildman–Crippen MR) is 220 cm³/mol. The Hall–Kier alpha value is -9.65. The number of nitrogens with zero attached hydrogens (tertiary/aromatic N) is 16. The second-order valence-corrected chi connectivity index (χ2v) is 13.1. The molecule has 0 fully saturated rings. The number of nitrogens with one attached hydrogen (secondary N) is 4. The maximum absolute atomic E-state index is 9.27. The molecule has 20 nitrogen and oxygen atoms in total. The van der Waals surface area contributed by atoms with E-state index in [0.717, 1.165) is 0 Å². The summed E-state index contributed by atoms with van der Waals surface area (Å²) >= 11 is 0. The predicted octanol–water partition coefficient (Wildman–Crippen LogP) is 7.48. The molecule has 8 aromatic rings. The van der Waals surface area contributed by atoms with Crippen LogP contribution in [0, 0.1) is 5.39 Å². The third kappa shape index (κ3) is 6.79. The van der Waals surface area contributed by atoms with E-state index < -0.39 is 0 Å². The Bertz CT molecular complexity index is 3470. The van der Waals surface area contributed by atoms with Crippen LogP contribution in [0.5, 0.6) is 0 Å². The quantitative estimate of drug-likeness (QED) is 0.0399. The number of H-pyrrole nitrogens is 4. The summed E-state index contributed by atoms with van der Waals surface area (Å²) in [5.41, 5.74) is 41.0. The summed E-state index contributed by atoms with van der Waals surface area (Å²) in [4.78, 5) is 40.9. The van der Waals surface area contributed by atoms with Crippen molar-refractivity contribution in [3.63, 3.8) is 0 Å². The van der Waals surface area contributed by atoms with Crippen molar-refractivity contribution >= 4 is 45.0 Å². The van der Waals surface area contributed by atoms with Crippen LogP contribution >= 0.6 is 0 Å². The van der Waals surface area contributed by atoms with E-state index in [2.05, 4.69) is 80.5 Å². The van der Waals surface area contributed by atoms with Gasteiger partial charge in [0.25, 0.3) is 0 Å². The fourth-order valence-corrected chi connectivity index (χ4v) is 7.25. The van der Waals surface area contributed by atoms with Gasteiger partial charge in [0.05, 0.1) is 27.8 Å². The molecule has 284 valence electrons. The number of azide groups is 4. The summed E-state index contributed by atoms with van der Waals surface area (Å²) in [7, 11) is 0. The molecule has 0 spiro atoms. The highest BCUT2D eigenvalue weighted by molar-refractivity contribution is 5.85. The van der Waals surface area contributed by atoms with Crippen molar-refractivity contribution in [2.75, 3.05) is 0 Å². The van der Waals surface area contributed by atoms with Crippen LogP contribution in [0.3, 0.4) is 0 Å². The lowest BCUT2D eigenvalue weighted by molar-refractivity contribution is 1.17. The molecule has 0 atom stereocenters. The lowest BCUT2D eigenvalue weighted by Crippen LogP contribution is -2.19. The Labute approximate surface area is 335 Å².